The largest absolute Gasteiger partial charge is 0.461 e. The minimum atomic E-state index is 0.00511. The third-order valence-corrected chi connectivity index (χ3v) is 2.49. The van der Waals surface area contributed by atoms with Crippen LogP contribution in [0.1, 0.15) is 26.5 Å². The summed E-state index contributed by atoms with van der Waals surface area (Å²) in [5.74, 6) is 0.953. The molecule has 21 heavy (non-hydrogen) atoms. The van der Waals surface area contributed by atoms with Crippen molar-refractivity contribution in [2.75, 3.05) is 17.2 Å². The molecule has 0 amide bonds. The van der Waals surface area contributed by atoms with Crippen molar-refractivity contribution in [2.45, 2.75) is 33.4 Å². The van der Waals surface area contributed by atoms with Gasteiger partial charge in [-0.2, -0.15) is 20.1 Å². The van der Waals surface area contributed by atoms with Gasteiger partial charge >= 0.3 is 6.01 Å². The fourth-order valence-electron chi connectivity index (χ4n) is 1.66. The van der Waals surface area contributed by atoms with E-state index in [9.17, 15) is 0 Å². The number of nitrogens with zero attached hydrogens (tertiary/aromatic N) is 5. The molecule has 0 atom stereocenters. The minimum absolute atomic E-state index is 0.00511. The van der Waals surface area contributed by atoms with E-state index in [1.807, 2.05) is 40.1 Å². The third-order valence-electron chi connectivity index (χ3n) is 2.49. The molecule has 0 saturated heterocycles. The monoisotopic (exact) mass is 291 g/mol. The predicted molar refractivity (Wildman–Crippen MR) is 80.3 cm³/mol. The Morgan fingerprint density at radius 3 is 2.48 bits per heavy atom. The van der Waals surface area contributed by atoms with E-state index in [4.69, 9.17) is 4.74 Å². The maximum atomic E-state index is 5.54. The summed E-state index contributed by atoms with van der Waals surface area (Å²) in [4.78, 5) is 12.7. The highest BCUT2D eigenvalue weighted by atomic mass is 16.5. The average Bonchev–Trinajstić information content (AvgIpc) is 2.82. The number of aryl methyl sites for hydroxylation is 1. The van der Waals surface area contributed by atoms with Gasteiger partial charge in [-0.3, -0.25) is 4.68 Å². The van der Waals surface area contributed by atoms with E-state index in [1.54, 1.807) is 4.68 Å². The summed E-state index contributed by atoms with van der Waals surface area (Å²) in [6.07, 6.45) is 1.90. The van der Waals surface area contributed by atoms with Crippen LogP contribution in [0.25, 0.3) is 0 Å². The van der Waals surface area contributed by atoms with E-state index in [2.05, 4.69) is 30.7 Å². The normalized spacial score (nSPS) is 10.7. The van der Waals surface area contributed by atoms with Gasteiger partial charge in [0.25, 0.3) is 0 Å². The molecule has 0 unspecified atom stereocenters. The fraction of sp³-hybridized carbons (Fsp3) is 0.538. The first kappa shape index (κ1) is 15.0. The molecule has 0 aliphatic carbocycles. The van der Waals surface area contributed by atoms with Crippen molar-refractivity contribution in [1.82, 2.24) is 24.7 Å². The minimum Gasteiger partial charge on any atom is -0.461 e. The van der Waals surface area contributed by atoms with Crippen molar-refractivity contribution in [3.8, 4) is 6.01 Å². The second kappa shape index (κ2) is 6.87. The zero-order valence-corrected chi connectivity index (χ0v) is 12.8. The Morgan fingerprint density at radius 1 is 1.19 bits per heavy atom. The van der Waals surface area contributed by atoms with Crippen LogP contribution in [0, 0.1) is 0 Å². The second-order valence-electron chi connectivity index (χ2n) is 4.80. The van der Waals surface area contributed by atoms with Crippen LogP contribution >= 0.6 is 0 Å². The Balaban J connectivity index is 2.10. The van der Waals surface area contributed by atoms with Gasteiger partial charge in [0.2, 0.25) is 11.9 Å². The molecular weight excluding hydrogens is 270 g/mol. The summed E-state index contributed by atoms with van der Waals surface area (Å²) in [5, 5.41) is 10.5. The quantitative estimate of drug-likeness (QED) is 0.797. The van der Waals surface area contributed by atoms with Gasteiger partial charge < -0.3 is 15.4 Å². The molecule has 0 spiro atoms. The van der Waals surface area contributed by atoms with E-state index < -0.39 is 0 Å². The van der Waals surface area contributed by atoms with Crippen LogP contribution in [-0.2, 0) is 13.6 Å². The number of nitrogens with one attached hydrogen (secondary N) is 2. The van der Waals surface area contributed by atoms with E-state index in [-0.39, 0.29) is 6.10 Å². The molecule has 2 rings (SSSR count). The molecule has 0 radical (unpaired) electrons. The topological polar surface area (TPSA) is 89.8 Å². The maximum absolute atomic E-state index is 5.54. The zero-order valence-electron chi connectivity index (χ0n) is 12.8. The molecule has 0 saturated carbocycles. The van der Waals surface area contributed by atoms with Crippen LogP contribution in [-0.4, -0.2) is 37.4 Å². The summed E-state index contributed by atoms with van der Waals surface area (Å²) < 4.78 is 7.29. The Kier molecular flexibility index (Phi) is 4.91. The Hall–Kier alpha value is -2.38. The van der Waals surface area contributed by atoms with Crippen molar-refractivity contribution in [3.63, 3.8) is 0 Å². The summed E-state index contributed by atoms with van der Waals surface area (Å²) >= 11 is 0. The summed E-state index contributed by atoms with van der Waals surface area (Å²) in [5.41, 5.74) is 0.911. The van der Waals surface area contributed by atoms with Crippen LogP contribution in [0.4, 0.5) is 11.9 Å². The van der Waals surface area contributed by atoms with Gasteiger partial charge in [-0.1, -0.05) is 0 Å². The van der Waals surface area contributed by atoms with Crippen molar-refractivity contribution in [2.24, 2.45) is 7.05 Å². The van der Waals surface area contributed by atoms with Crippen LogP contribution in [0.5, 0.6) is 6.01 Å². The maximum Gasteiger partial charge on any atom is 0.323 e. The van der Waals surface area contributed by atoms with Crippen LogP contribution in [0.3, 0.4) is 0 Å². The number of anilines is 2. The molecule has 0 fully saturated rings. The number of hydrogen-bond donors (Lipinski definition) is 2. The molecular formula is C13H21N7O. The molecule has 8 heteroatoms. The summed E-state index contributed by atoms with van der Waals surface area (Å²) in [6.45, 7) is 7.10. The highest BCUT2D eigenvalue weighted by Gasteiger charge is 2.09. The van der Waals surface area contributed by atoms with Gasteiger partial charge in [-0.15, -0.1) is 0 Å². The molecule has 2 N–H and O–H groups in total. The molecule has 0 aliphatic rings. The first-order valence-electron chi connectivity index (χ1n) is 6.95. The summed E-state index contributed by atoms with van der Waals surface area (Å²) in [6, 6.07) is 2.24. The van der Waals surface area contributed by atoms with E-state index in [0.717, 1.165) is 12.2 Å². The highest BCUT2D eigenvalue weighted by molar-refractivity contribution is 5.36. The zero-order chi connectivity index (χ0) is 15.2. The molecule has 0 bridgehead atoms. The highest BCUT2D eigenvalue weighted by Crippen LogP contribution is 2.13. The lowest BCUT2D eigenvalue weighted by Gasteiger charge is -2.11. The lowest BCUT2D eigenvalue weighted by atomic mass is 10.4. The number of aromatic nitrogens is 5. The van der Waals surface area contributed by atoms with Crippen molar-refractivity contribution in [1.29, 1.82) is 0 Å². The molecule has 114 valence electrons. The Morgan fingerprint density at radius 2 is 1.90 bits per heavy atom. The summed E-state index contributed by atoms with van der Waals surface area (Å²) in [7, 11) is 1.88. The Bertz CT molecular complexity index is 582. The number of rotatable bonds is 7. The van der Waals surface area contributed by atoms with E-state index in [1.165, 1.54) is 0 Å². The second-order valence-corrected chi connectivity index (χ2v) is 4.80. The molecule has 2 aromatic rings. The van der Waals surface area contributed by atoms with E-state index in [0.29, 0.717) is 24.5 Å². The van der Waals surface area contributed by atoms with Gasteiger partial charge in [0.1, 0.15) is 0 Å². The lowest BCUT2D eigenvalue weighted by molar-refractivity contribution is 0.222. The van der Waals surface area contributed by atoms with E-state index >= 15 is 0 Å². The van der Waals surface area contributed by atoms with Gasteiger partial charge in [0.05, 0.1) is 18.3 Å². The van der Waals surface area contributed by atoms with Gasteiger partial charge in [0.15, 0.2) is 0 Å². The smallest absolute Gasteiger partial charge is 0.323 e. The average molecular weight is 291 g/mol. The molecule has 8 nitrogen and oxygen atoms in total. The van der Waals surface area contributed by atoms with Crippen LogP contribution < -0.4 is 15.4 Å². The first-order chi connectivity index (χ1) is 10.1. The van der Waals surface area contributed by atoms with Gasteiger partial charge in [-0.05, 0) is 26.8 Å². The number of hydrogen-bond acceptors (Lipinski definition) is 7. The third kappa shape index (κ3) is 4.59. The first-order valence-corrected chi connectivity index (χ1v) is 6.95. The fourth-order valence-corrected chi connectivity index (χ4v) is 1.66. The van der Waals surface area contributed by atoms with Gasteiger partial charge in [-0.25, -0.2) is 0 Å². The van der Waals surface area contributed by atoms with Crippen molar-refractivity contribution in [3.05, 3.63) is 18.0 Å². The van der Waals surface area contributed by atoms with Crippen LogP contribution in [0.15, 0.2) is 12.3 Å². The standard InChI is InChI=1S/C13H21N7O/c1-5-14-11-16-12(18-13(17-11)21-9(2)3)15-8-10-6-7-20(4)19-10/h6-7,9H,5,8H2,1-4H3,(H2,14,15,16,17,18). The molecule has 0 aliphatic heterocycles. The van der Waals surface area contributed by atoms with Crippen molar-refractivity contribution >= 4 is 11.9 Å². The molecule has 2 heterocycles. The van der Waals surface area contributed by atoms with Gasteiger partial charge in [0, 0.05) is 19.8 Å². The molecule has 0 aromatic carbocycles. The lowest BCUT2D eigenvalue weighted by Crippen LogP contribution is -2.14. The molecule has 2 aromatic heterocycles. The predicted octanol–water partition coefficient (Wildman–Crippen LogP) is 1.44. The number of ether oxygens (including phenoxy) is 1. The van der Waals surface area contributed by atoms with Crippen molar-refractivity contribution < 1.29 is 4.74 Å². The van der Waals surface area contributed by atoms with Crippen LogP contribution in [0.2, 0.25) is 0 Å². The SMILES string of the molecule is CCNc1nc(NCc2ccn(C)n2)nc(OC(C)C)n1. The Labute approximate surface area is 124 Å².